The molecule has 0 aromatic carbocycles. The summed E-state index contributed by atoms with van der Waals surface area (Å²) in [7, 11) is 1.42. The van der Waals surface area contributed by atoms with Gasteiger partial charge in [0.1, 0.15) is 6.61 Å². The van der Waals surface area contributed by atoms with E-state index >= 15 is 0 Å². The van der Waals surface area contributed by atoms with Gasteiger partial charge in [0.05, 0.1) is 6.42 Å². The van der Waals surface area contributed by atoms with Gasteiger partial charge in [0, 0.05) is 25.1 Å². The summed E-state index contributed by atoms with van der Waals surface area (Å²) in [5.74, 6) is -0.443. The van der Waals surface area contributed by atoms with Crippen LogP contribution in [0.5, 0.6) is 0 Å². The molecular weight excluding hydrogens is 182 g/mol. The van der Waals surface area contributed by atoms with E-state index < -0.39 is 0 Å². The molecule has 4 heteroatoms. The van der Waals surface area contributed by atoms with Crippen LogP contribution in [0.25, 0.3) is 0 Å². The Morgan fingerprint density at radius 3 is 2.86 bits per heavy atom. The maximum Gasteiger partial charge on any atom is 0.171 e. The normalized spacial score (nSPS) is 9.79. The van der Waals surface area contributed by atoms with Gasteiger partial charge in [-0.2, -0.15) is 0 Å². The summed E-state index contributed by atoms with van der Waals surface area (Å²) in [6.07, 6.45) is 2.90. The van der Waals surface area contributed by atoms with Crippen molar-refractivity contribution in [3.8, 4) is 0 Å². The molecule has 1 aromatic heterocycles. The number of hydrogen-bond acceptors (Lipinski definition) is 4. The summed E-state index contributed by atoms with van der Waals surface area (Å²) in [4.78, 5) is 26.3. The number of hydrogen-bond donors (Lipinski definition) is 0. The Labute approximate surface area is 81.9 Å². The highest BCUT2D eigenvalue weighted by atomic mass is 16.5. The summed E-state index contributed by atoms with van der Waals surface area (Å²) >= 11 is 0. The zero-order chi connectivity index (χ0) is 10.4. The lowest BCUT2D eigenvalue weighted by molar-refractivity contribution is -0.121. The van der Waals surface area contributed by atoms with Gasteiger partial charge in [-0.15, -0.1) is 0 Å². The average molecular weight is 193 g/mol. The van der Waals surface area contributed by atoms with Crippen LogP contribution in [0.3, 0.4) is 0 Å². The number of Topliss-reactive ketones (excluding diaryl/α,β-unsaturated/α-hetero) is 2. The minimum atomic E-state index is -0.222. The van der Waals surface area contributed by atoms with Crippen molar-refractivity contribution in [2.24, 2.45) is 0 Å². The van der Waals surface area contributed by atoms with E-state index in [1.165, 1.54) is 13.3 Å². The summed E-state index contributed by atoms with van der Waals surface area (Å²) in [5.41, 5.74) is 0.456. The molecule has 1 heterocycles. The van der Waals surface area contributed by atoms with E-state index in [1.54, 1.807) is 18.3 Å². The van der Waals surface area contributed by atoms with Crippen LogP contribution >= 0.6 is 0 Å². The molecule has 0 amide bonds. The molecule has 0 saturated carbocycles. The third-order valence-electron chi connectivity index (χ3n) is 1.65. The van der Waals surface area contributed by atoms with Crippen molar-refractivity contribution in [1.29, 1.82) is 0 Å². The number of pyridine rings is 1. The Balaban J connectivity index is 2.55. The summed E-state index contributed by atoms with van der Waals surface area (Å²) in [6, 6.07) is 3.30. The minimum absolute atomic E-state index is 0.0218. The molecule has 14 heavy (non-hydrogen) atoms. The van der Waals surface area contributed by atoms with Crippen LogP contribution in [0.15, 0.2) is 24.5 Å². The van der Waals surface area contributed by atoms with E-state index in [-0.39, 0.29) is 24.6 Å². The standard InChI is InChI=1S/C10H11NO3/c1-14-7-9(12)5-10(13)8-3-2-4-11-6-8/h2-4,6H,5,7H2,1H3. The van der Waals surface area contributed by atoms with Gasteiger partial charge in [-0.25, -0.2) is 0 Å². The van der Waals surface area contributed by atoms with Crippen LogP contribution in [0.4, 0.5) is 0 Å². The molecule has 0 spiro atoms. The number of ketones is 2. The average Bonchev–Trinajstić information content (AvgIpc) is 2.19. The van der Waals surface area contributed by atoms with E-state index in [0.29, 0.717) is 5.56 Å². The van der Waals surface area contributed by atoms with Gasteiger partial charge in [-0.05, 0) is 12.1 Å². The fourth-order valence-corrected chi connectivity index (χ4v) is 1.02. The Bertz CT molecular complexity index is 321. The second-order valence-corrected chi connectivity index (χ2v) is 2.81. The Kier molecular flexibility index (Phi) is 3.94. The molecule has 0 bridgehead atoms. The fourth-order valence-electron chi connectivity index (χ4n) is 1.02. The zero-order valence-electron chi connectivity index (χ0n) is 7.90. The van der Waals surface area contributed by atoms with E-state index in [0.717, 1.165) is 0 Å². The summed E-state index contributed by atoms with van der Waals surface area (Å²) in [6.45, 7) is -0.0218. The van der Waals surface area contributed by atoms with Gasteiger partial charge in [0.25, 0.3) is 0 Å². The van der Waals surface area contributed by atoms with Crippen LogP contribution in [-0.2, 0) is 9.53 Å². The van der Waals surface area contributed by atoms with Crippen LogP contribution < -0.4 is 0 Å². The maximum atomic E-state index is 11.4. The first kappa shape index (κ1) is 10.5. The van der Waals surface area contributed by atoms with Gasteiger partial charge in [-0.1, -0.05) is 0 Å². The first-order valence-corrected chi connectivity index (χ1v) is 4.18. The molecule has 0 aliphatic carbocycles. The van der Waals surface area contributed by atoms with Gasteiger partial charge in [0.15, 0.2) is 11.6 Å². The highest BCUT2D eigenvalue weighted by Gasteiger charge is 2.10. The summed E-state index contributed by atoms with van der Waals surface area (Å²) < 4.78 is 4.62. The molecule has 0 radical (unpaired) electrons. The molecule has 1 aromatic rings. The highest BCUT2D eigenvalue weighted by molar-refractivity contribution is 6.08. The Hall–Kier alpha value is -1.55. The zero-order valence-corrected chi connectivity index (χ0v) is 7.90. The van der Waals surface area contributed by atoms with Crippen molar-refractivity contribution in [1.82, 2.24) is 4.98 Å². The molecule has 0 saturated heterocycles. The van der Waals surface area contributed by atoms with Crippen LogP contribution in [-0.4, -0.2) is 30.3 Å². The predicted octanol–water partition coefficient (Wildman–Crippen LogP) is 0.870. The van der Waals surface area contributed by atoms with E-state index in [2.05, 4.69) is 9.72 Å². The highest BCUT2D eigenvalue weighted by Crippen LogP contribution is 2.01. The van der Waals surface area contributed by atoms with E-state index in [1.807, 2.05) is 0 Å². The molecule has 4 nitrogen and oxygen atoms in total. The molecule has 0 atom stereocenters. The lowest BCUT2D eigenvalue weighted by atomic mass is 10.1. The lowest BCUT2D eigenvalue weighted by Gasteiger charge is -1.98. The Morgan fingerprint density at radius 1 is 1.50 bits per heavy atom. The Morgan fingerprint density at radius 2 is 2.29 bits per heavy atom. The van der Waals surface area contributed by atoms with E-state index in [9.17, 15) is 9.59 Å². The SMILES string of the molecule is COCC(=O)CC(=O)c1cccnc1. The lowest BCUT2D eigenvalue weighted by Crippen LogP contribution is -2.12. The molecular formula is C10H11NO3. The second-order valence-electron chi connectivity index (χ2n) is 2.81. The van der Waals surface area contributed by atoms with Crippen molar-refractivity contribution < 1.29 is 14.3 Å². The van der Waals surface area contributed by atoms with Crippen molar-refractivity contribution in [3.05, 3.63) is 30.1 Å². The van der Waals surface area contributed by atoms with Crippen molar-refractivity contribution in [3.63, 3.8) is 0 Å². The second kappa shape index (κ2) is 5.24. The molecule has 0 unspecified atom stereocenters. The topological polar surface area (TPSA) is 56.3 Å². The number of carbonyl (C=O) groups is 2. The predicted molar refractivity (Wildman–Crippen MR) is 50.1 cm³/mol. The fraction of sp³-hybridized carbons (Fsp3) is 0.300. The van der Waals surface area contributed by atoms with Crippen LogP contribution in [0.1, 0.15) is 16.8 Å². The van der Waals surface area contributed by atoms with Gasteiger partial charge >= 0.3 is 0 Å². The number of carbonyl (C=O) groups excluding carboxylic acids is 2. The number of nitrogens with zero attached hydrogens (tertiary/aromatic N) is 1. The van der Waals surface area contributed by atoms with Crippen molar-refractivity contribution in [2.75, 3.05) is 13.7 Å². The molecule has 1 rings (SSSR count). The molecule has 74 valence electrons. The summed E-state index contributed by atoms with van der Waals surface area (Å²) in [5, 5.41) is 0. The third kappa shape index (κ3) is 3.06. The maximum absolute atomic E-state index is 11.4. The molecule has 0 aliphatic rings. The van der Waals surface area contributed by atoms with Crippen molar-refractivity contribution in [2.45, 2.75) is 6.42 Å². The monoisotopic (exact) mass is 193 g/mol. The van der Waals surface area contributed by atoms with Gasteiger partial charge in [0.2, 0.25) is 0 Å². The number of rotatable bonds is 5. The first-order chi connectivity index (χ1) is 6.74. The van der Waals surface area contributed by atoms with Crippen molar-refractivity contribution >= 4 is 11.6 Å². The van der Waals surface area contributed by atoms with Gasteiger partial charge < -0.3 is 4.74 Å². The van der Waals surface area contributed by atoms with Crippen LogP contribution in [0, 0.1) is 0 Å². The first-order valence-electron chi connectivity index (χ1n) is 4.18. The van der Waals surface area contributed by atoms with Gasteiger partial charge in [-0.3, -0.25) is 14.6 Å². The number of aromatic nitrogens is 1. The smallest absolute Gasteiger partial charge is 0.171 e. The minimum Gasteiger partial charge on any atom is -0.377 e. The molecule has 0 aliphatic heterocycles. The van der Waals surface area contributed by atoms with Crippen LogP contribution in [0.2, 0.25) is 0 Å². The van der Waals surface area contributed by atoms with E-state index in [4.69, 9.17) is 0 Å². The number of ether oxygens (including phenoxy) is 1. The quantitative estimate of drug-likeness (QED) is 0.514. The third-order valence-corrected chi connectivity index (χ3v) is 1.65. The molecule has 0 fully saturated rings. The number of methoxy groups -OCH3 is 1. The molecule has 0 N–H and O–H groups in total. The largest absolute Gasteiger partial charge is 0.377 e.